The molecule has 0 saturated carbocycles. The number of carbonyl (C=O) groups is 1. The molecule has 146 valence electrons. The highest BCUT2D eigenvalue weighted by molar-refractivity contribution is 5.81. The Labute approximate surface area is 159 Å². The molecule has 2 heterocycles. The molecule has 2 N–H and O–H groups in total. The van der Waals surface area contributed by atoms with Crippen LogP contribution in [0.3, 0.4) is 0 Å². The van der Waals surface area contributed by atoms with Crippen LogP contribution in [0.2, 0.25) is 0 Å². The lowest BCUT2D eigenvalue weighted by atomic mass is 10.1. The van der Waals surface area contributed by atoms with E-state index < -0.39 is 6.04 Å². The first-order valence-corrected chi connectivity index (χ1v) is 9.17. The second-order valence-corrected chi connectivity index (χ2v) is 6.92. The number of ether oxygens (including phenoxy) is 1. The average Bonchev–Trinajstić information content (AvgIpc) is 3.18. The molecule has 8 heteroatoms. The van der Waals surface area contributed by atoms with Gasteiger partial charge in [-0.25, -0.2) is 0 Å². The zero-order valence-corrected chi connectivity index (χ0v) is 16.1. The highest BCUT2D eigenvalue weighted by atomic mass is 16.5. The predicted octanol–water partition coefficient (Wildman–Crippen LogP) is 1.22. The lowest BCUT2D eigenvalue weighted by molar-refractivity contribution is -0.135. The fourth-order valence-corrected chi connectivity index (χ4v) is 3.20. The summed E-state index contributed by atoms with van der Waals surface area (Å²) in [6.07, 6.45) is 0. The zero-order chi connectivity index (χ0) is 19.4. The molecule has 8 nitrogen and oxygen atoms in total. The van der Waals surface area contributed by atoms with Crippen molar-refractivity contribution in [1.29, 1.82) is 0 Å². The molecule has 2 unspecified atom stereocenters. The maximum absolute atomic E-state index is 12.3. The molecule has 1 aromatic heterocycles. The van der Waals surface area contributed by atoms with Gasteiger partial charge in [0.15, 0.2) is 0 Å². The smallest absolute Gasteiger partial charge is 0.244 e. The molecule has 1 aliphatic rings. The molecule has 1 amide bonds. The number of carbonyl (C=O) groups excluding carboxylic acids is 1. The maximum Gasteiger partial charge on any atom is 0.244 e. The van der Waals surface area contributed by atoms with Gasteiger partial charge in [-0.05, 0) is 13.8 Å². The largest absolute Gasteiger partial charge is 0.383 e. The number of benzene rings is 1. The summed E-state index contributed by atoms with van der Waals surface area (Å²) in [6.45, 7) is 7.03. The fourth-order valence-electron chi connectivity index (χ4n) is 3.20. The number of aryl methyl sites for hydroxylation is 1. The SMILES string of the molecule is COCC(N)C(=O)N1CCN(C(C)c2nc(-c3ccc(C)cc3)no2)CC1. The number of hydrogen-bond acceptors (Lipinski definition) is 7. The van der Waals surface area contributed by atoms with Gasteiger partial charge in [-0.1, -0.05) is 35.0 Å². The van der Waals surface area contributed by atoms with Gasteiger partial charge in [-0.3, -0.25) is 9.69 Å². The average molecular weight is 373 g/mol. The van der Waals surface area contributed by atoms with Crippen LogP contribution in [0, 0.1) is 6.92 Å². The molecule has 1 saturated heterocycles. The van der Waals surface area contributed by atoms with Gasteiger partial charge < -0.3 is 19.9 Å². The summed E-state index contributed by atoms with van der Waals surface area (Å²) >= 11 is 0. The van der Waals surface area contributed by atoms with E-state index in [1.807, 2.05) is 38.1 Å². The van der Waals surface area contributed by atoms with E-state index in [0.717, 1.165) is 18.7 Å². The van der Waals surface area contributed by atoms with E-state index in [9.17, 15) is 4.79 Å². The van der Waals surface area contributed by atoms with Crippen LogP contribution in [0.1, 0.15) is 24.4 Å². The number of piperazine rings is 1. The van der Waals surface area contributed by atoms with E-state index in [1.54, 1.807) is 12.0 Å². The monoisotopic (exact) mass is 373 g/mol. The molecule has 1 aliphatic heterocycles. The van der Waals surface area contributed by atoms with Crippen molar-refractivity contribution in [3.63, 3.8) is 0 Å². The van der Waals surface area contributed by atoms with Crippen molar-refractivity contribution in [2.75, 3.05) is 39.9 Å². The summed E-state index contributed by atoms with van der Waals surface area (Å²) in [7, 11) is 1.54. The zero-order valence-electron chi connectivity index (χ0n) is 16.1. The van der Waals surface area contributed by atoms with Gasteiger partial charge in [0.25, 0.3) is 0 Å². The molecule has 0 aliphatic carbocycles. The highest BCUT2D eigenvalue weighted by Gasteiger charge is 2.29. The standard InChI is InChI=1S/C19H27N5O3/c1-13-4-6-15(7-5-13)17-21-18(27-22-17)14(2)23-8-10-24(11-9-23)19(25)16(20)12-26-3/h4-7,14,16H,8-12,20H2,1-3H3. The minimum atomic E-state index is -0.605. The molecular weight excluding hydrogens is 346 g/mol. The first kappa shape index (κ1) is 19.5. The summed E-state index contributed by atoms with van der Waals surface area (Å²) in [4.78, 5) is 20.9. The van der Waals surface area contributed by atoms with Gasteiger partial charge in [0.05, 0.1) is 12.6 Å². The Morgan fingerprint density at radius 1 is 1.26 bits per heavy atom. The number of amides is 1. The predicted molar refractivity (Wildman–Crippen MR) is 101 cm³/mol. The van der Waals surface area contributed by atoms with Crippen LogP contribution in [-0.2, 0) is 9.53 Å². The second-order valence-electron chi connectivity index (χ2n) is 6.92. The van der Waals surface area contributed by atoms with E-state index in [-0.39, 0.29) is 18.6 Å². The van der Waals surface area contributed by atoms with Crippen LogP contribution < -0.4 is 5.73 Å². The van der Waals surface area contributed by atoms with Gasteiger partial charge in [-0.15, -0.1) is 0 Å². The maximum atomic E-state index is 12.3. The molecule has 2 aromatic rings. The number of methoxy groups -OCH3 is 1. The van der Waals surface area contributed by atoms with Crippen LogP contribution in [0.5, 0.6) is 0 Å². The van der Waals surface area contributed by atoms with Crippen LogP contribution in [0.25, 0.3) is 11.4 Å². The van der Waals surface area contributed by atoms with Gasteiger partial charge in [0.2, 0.25) is 17.6 Å². The molecule has 1 aromatic carbocycles. The van der Waals surface area contributed by atoms with E-state index >= 15 is 0 Å². The Kier molecular flexibility index (Phi) is 6.20. The van der Waals surface area contributed by atoms with E-state index in [2.05, 4.69) is 15.0 Å². The van der Waals surface area contributed by atoms with Gasteiger partial charge in [0.1, 0.15) is 6.04 Å². The van der Waals surface area contributed by atoms with E-state index in [0.29, 0.717) is 24.8 Å². The van der Waals surface area contributed by atoms with E-state index in [4.69, 9.17) is 15.0 Å². The third-order valence-corrected chi connectivity index (χ3v) is 4.95. The lowest BCUT2D eigenvalue weighted by Gasteiger charge is -2.37. The van der Waals surface area contributed by atoms with Crippen LogP contribution in [0.15, 0.2) is 28.8 Å². The van der Waals surface area contributed by atoms with Gasteiger partial charge in [0, 0.05) is 38.9 Å². The van der Waals surface area contributed by atoms with Crippen molar-refractivity contribution >= 4 is 5.91 Å². The second kappa shape index (κ2) is 8.60. The molecule has 3 rings (SSSR count). The summed E-state index contributed by atoms with van der Waals surface area (Å²) in [5.41, 5.74) is 7.97. The normalized spacial score (nSPS) is 17.7. The Hall–Kier alpha value is -2.29. The van der Waals surface area contributed by atoms with Crippen molar-refractivity contribution in [2.24, 2.45) is 5.73 Å². The third kappa shape index (κ3) is 4.52. The minimum absolute atomic E-state index is 0.0124. The van der Waals surface area contributed by atoms with Gasteiger partial charge >= 0.3 is 0 Å². The Bertz CT molecular complexity index is 753. The van der Waals surface area contributed by atoms with Crippen LogP contribution >= 0.6 is 0 Å². The molecule has 1 fully saturated rings. The Morgan fingerprint density at radius 3 is 2.56 bits per heavy atom. The first-order valence-electron chi connectivity index (χ1n) is 9.17. The number of rotatable bonds is 6. The quantitative estimate of drug-likeness (QED) is 0.813. The topological polar surface area (TPSA) is 97.7 Å². The van der Waals surface area contributed by atoms with Crippen molar-refractivity contribution in [3.8, 4) is 11.4 Å². The molecule has 0 radical (unpaired) electrons. The molecule has 2 atom stereocenters. The highest BCUT2D eigenvalue weighted by Crippen LogP contribution is 2.23. The number of hydrogen-bond donors (Lipinski definition) is 1. The van der Waals surface area contributed by atoms with Crippen LogP contribution in [0.4, 0.5) is 0 Å². The molecule has 27 heavy (non-hydrogen) atoms. The lowest BCUT2D eigenvalue weighted by Crippen LogP contribution is -2.54. The Balaban J connectivity index is 1.59. The van der Waals surface area contributed by atoms with Crippen LogP contribution in [-0.4, -0.2) is 71.8 Å². The number of nitrogens with zero attached hydrogens (tertiary/aromatic N) is 4. The summed E-state index contributed by atoms with van der Waals surface area (Å²) in [6, 6.07) is 7.41. The minimum Gasteiger partial charge on any atom is -0.383 e. The third-order valence-electron chi connectivity index (χ3n) is 4.95. The summed E-state index contributed by atoms with van der Waals surface area (Å²) < 4.78 is 10.5. The number of aromatic nitrogens is 2. The van der Waals surface area contributed by atoms with Crippen molar-refractivity contribution in [1.82, 2.24) is 19.9 Å². The van der Waals surface area contributed by atoms with Crippen molar-refractivity contribution in [2.45, 2.75) is 25.9 Å². The molecule has 0 bridgehead atoms. The number of nitrogens with two attached hydrogens (primary N) is 1. The van der Waals surface area contributed by atoms with Crippen molar-refractivity contribution in [3.05, 3.63) is 35.7 Å². The first-order chi connectivity index (χ1) is 13.0. The summed E-state index contributed by atoms with van der Waals surface area (Å²) in [5, 5.41) is 4.11. The molecular formula is C19H27N5O3. The molecule has 0 spiro atoms. The van der Waals surface area contributed by atoms with E-state index in [1.165, 1.54) is 5.56 Å². The fraction of sp³-hybridized carbons (Fsp3) is 0.526. The van der Waals surface area contributed by atoms with Gasteiger partial charge in [-0.2, -0.15) is 4.98 Å². The summed E-state index contributed by atoms with van der Waals surface area (Å²) in [5.74, 6) is 1.11. The van der Waals surface area contributed by atoms with Crippen molar-refractivity contribution < 1.29 is 14.1 Å². The Morgan fingerprint density at radius 2 is 1.93 bits per heavy atom.